The van der Waals surface area contributed by atoms with Gasteiger partial charge in [-0.25, -0.2) is 0 Å². The number of carbonyl (C=O) groups excluding carboxylic acids is 1. The van der Waals surface area contributed by atoms with Crippen LogP contribution in [0, 0.1) is 0 Å². The summed E-state index contributed by atoms with van der Waals surface area (Å²) in [5.41, 5.74) is 7.70. The van der Waals surface area contributed by atoms with Crippen LogP contribution in [0.25, 0.3) is 0 Å². The van der Waals surface area contributed by atoms with Gasteiger partial charge in [0.25, 0.3) is 5.91 Å². The predicted molar refractivity (Wildman–Crippen MR) is 50.2 cm³/mol. The van der Waals surface area contributed by atoms with Crippen molar-refractivity contribution < 1.29 is 14.3 Å². The van der Waals surface area contributed by atoms with Gasteiger partial charge in [-0.05, 0) is 5.56 Å². The number of hydrogen-bond donors (Lipinski definition) is 0. The monoisotopic (exact) mass is 194 g/mol. The lowest BCUT2D eigenvalue weighted by Gasteiger charge is -2.13. The van der Waals surface area contributed by atoms with Gasteiger partial charge in [-0.1, -0.05) is 30.3 Å². The molecule has 1 rings (SSSR count). The first-order valence-corrected chi connectivity index (χ1v) is 4.16. The second-order valence-electron chi connectivity index (χ2n) is 2.73. The summed E-state index contributed by atoms with van der Waals surface area (Å²) in [6.45, 7) is 0.00415. The Bertz CT molecular complexity index is 287. The summed E-state index contributed by atoms with van der Waals surface area (Å²) in [4.78, 5) is 10.9. The van der Waals surface area contributed by atoms with E-state index in [1.807, 2.05) is 6.07 Å². The molecule has 0 heterocycles. The molecule has 0 aromatic heterocycles. The van der Waals surface area contributed by atoms with Crippen LogP contribution in [0.5, 0.6) is 0 Å². The van der Waals surface area contributed by atoms with Crippen LogP contribution in [-0.4, -0.2) is 19.8 Å². The number of carbonyl (C=O) groups is 1. The molecule has 0 saturated heterocycles. The van der Waals surface area contributed by atoms with Crippen molar-refractivity contribution in [2.24, 2.45) is 0 Å². The maximum Gasteiger partial charge on any atom is 0.272 e. The van der Waals surface area contributed by atoms with E-state index in [1.54, 1.807) is 24.3 Å². The van der Waals surface area contributed by atoms with E-state index in [1.165, 1.54) is 7.11 Å². The molecule has 75 valence electrons. The lowest BCUT2D eigenvalue weighted by atomic mass is 10.1. The summed E-state index contributed by atoms with van der Waals surface area (Å²) in [6, 6.07) is 8.91. The van der Waals surface area contributed by atoms with E-state index in [0.29, 0.717) is 5.56 Å². The molecule has 1 aromatic rings. The van der Waals surface area contributed by atoms with Gasteiger partial charge in [-0.2, -0.15) is 0 Å². The highest BCUT2D eigenvalue weighted by molar-refractivity contribution is 5.79. The third-order valence-corrected chi connectivity index (χ3v) is 1.69. The van der Waals surface area contributed by atoms with Crippen LogP contribution in [0.1, 0.15) is 11.7 Å². The fourth-order valence-electron chi connectivity index (χ4n) is 1.09. The summed E-state index contributed by atoms with van der Waals surface area (Å²) in [6.07, 6.45) is -0.851. The highest BCUT2D eigenvalue weighted by Gasteiger charge is 2.18. The standard InChI is InChI=1S/C10H12NO3/c1-13-7-14-9(10(11)12)8-5-3-2-4-6-8/h2-6,9,11H,7H2,1H3. The van der Waals surface area contributed by atoms with E-state index in [4.69, 9.17) is 10.5 Å². The maximum atomic E-state index is 10.9. The Hall–Kier alpha value is -1.39. The van der Waals surface area contributed by atoms with Crippen molar-refractivity contribution in [3.63, 3.8) is 0 Å². The van der Waals surface area contributed by atoms with Gasteiger partial charge in [0.05, 0.1) is 0 Å². The van der Waals surface area contributed by atoms with E-state index in [-0.39, 0.29) is 6.79 Å². The number of ether oxygens (including phenoxy) is 2. The first-order valence-electron chi connectivity index (χ1n) is 4.16. The molecular weight excluding hydrogens is 182 g/mol. The molecule has 0 aliphatic rings. The number of methoxy groups -OCH3 is 1. The molecule has 1 amide bonds. The van der Waals surface area contributed by atoms with Crippen LogP contribution in [-0.2, 0) is 14.3 Å². The van der Waals surface area contributed by atoms with E-state index in [9.17, 15) is 4.79 Å². The van der Waals surface area contributed by atoms with Gasteiger partial charge >= 0.3 is 0 Å². The minimum atomic E-state index is -0.851. The van der Waals surface area contributed by atoms with Crippen molar-refractivity contribution >= 4 is 5.91 Å². The van der Waals surface area contributed by atoms with Crippen molar-refractivity contribution in [2.75, 3.05) is 13.9 Å². The Morgan fingerprint density at radius 2 is 2.07 bits per heavy atom. The molecule has 4 nitrogen and oxygen atoms in total. The summed E-state index contributed by atoms with van der Waals surface area (Å²) >= 11 is 0. The third kappa shape index (κ3) is 2.83. The minimum Gasteiger partial charge on any atom is -0.359 e. The van der Waals surface area contributed by atoms with Crippen molar-refractivity contribution in [2.45, 2.75) is 6.10 Å². The molecule has 0 fully saturated rings. The van der Waals surface area contributed by atoms with E-state index in [2.05, 4.69) is 4.74 Å². The quantitative estimate of drug-likeness (QED) is 0.661. The van der Waals surface area contributed by atoms with Gasteiger partial charge in [0.2, 0.25) is 0 Å². The van der Waals surface area contributed by atoms with E-state index in [0.717, 1.165) is 0 Å². The molecule has 0 aliphatic heterocycles. The zero-order valence-corrected chi connectivity index (χ0v) is 7.90. The van der Waals surface area contributed by atoms with Crippen molar-refractivity contribution in [1.29, 1.82) is 0 Å². The van der Waals surface area contributed by atoms with Gasteiger partial charge in [-0.15, -0.1) is 0 Å². The Labute approximate surface area is 82.6 Å². The molecule has 0 saturated carbocycles. The van der Waals surface area contributed by atoms with Gasteiger partial charge in [-0.3, -0.25) is 10.5 Å². The molecule has 0 spiro atoms. The van der Waals surface area contributed by atoms with Crippen LogP contribution in [0.15, 0.2) is 30.3 Å². The normalized spacial score (nSPS) is 12.4. The Morgan fingerprint density at radius 1 is 1.43 bits per heavy atom. The largest absolute Gasteiger partial charge is 0.359 e. The number of amides is 1. The lowest BCUT2D eigenvalue weighted by molar-refractivity contribution is -0.140. The van der Waals surface area contributed by atoms with Crippen LogP contribution in [0.2, 0.25) is 0 Å². The van der Waals surface area contributed by atoms with Crippen LogP contribution >= 0.6 is 0 Å². The highest BCUT2D eigenvalue weighted by atomic mass is 16.7. The van der Waals surface area contributed by atoms with Crippen molar-refractivity contribution in [3.8, 4) is 0 Å². The Kier molecular flexibility index (Phi) is 4.10. The van der Waals surface area contributed by atoms with Crippen molar-refractivity contribution in [3.05, 3.63) is 35.9 Å². The summed E-state index contributed by atoms with van der Waals surface area (Å²) in [7, 11) is 1.47. The number of nitrogens with one attached hydrogen (secondary N) is 1. The van der Waals surface area contributed by atoms with Gasteiger partial charge < -0.3 is 9.47 Å². The predicted octanol–water partition coefficient (Wildman–Crippen LogP) is 1.16. The Balaban J connectivity index is 2.73. The van der Waals surface area contributed by atoms with Crippen LogP contribution in [0.3, 0.4) is 0 Å². The molecule has 1 atom stereocenters. The molecular formula is C10H12NO3. The number of hydrogen-bond acceptors (Lipinski definition) is 3. The molecule has 0 bridgehead atoms. The summed E-state index contributed by atoms with van der Waals surface area (Å²) in [5.74, 6) is -0.770. The molecule has 4 heteroatoms. The summed E-state index contributed by atoms with van der Waals surface area (Å²) < 4.78 is 9.77. The smallest absolute Gasteiger partial charge is 0.272 e. The van der Waals surface area contributed by atoms with Gasteiger partial charge in [0, 0.05) is 7.11 Å². The van der Waals surface area contributed by atoms with E-state index >= 15 is 0 Å². The van der Waals surface area contributed by atoms with Crippen molar-refractivity contribution in [1.82, 2.24) is 5.73 Å². The fraction of sp³-hybridized carbons (Fsp3) is 0.300. The average Bonchev–Trinajstić information content (AvgIpc) is 2.19. The Morgan fingerprint density at radius 3 is 2.57 bits per heavy atom. The lowest BCUT2D eigenvalue weighted by Crippen LogP contribution is -2.17. The third-order valence-electron chi connectivity index (χ3n) is 1.69. The highest BCUT2D eigenvalue weighted by Crippen LogP contribution is 2.16. The van der Waals surface area contributed by atoms with Crippen LogP contribution in [0.4, 0.5) is 0 Å². The van der Waals surface area contributed by atoms with Gasteiger partial charge in [0.1, 0.15) is 6.79 Å². The molecule has 14 heavy (non-hydrogen) atoms. The number of benzene rings is 1. The fourth-order valence-corrected chi connectivity index (χ4v) is 1.09. The first kappa shape index (κ1) is 10.7. The van der Waals surface area contributed by atoms with E-state index < -0.39 is 12.0 Å². The summed E-state index contributed by atoms with van der Waals surface area (Å²) in [5, 5.41) is 0. The molecule has 0 aliphatic carbocycles. The SMILES string of the molecule is COCOC(C([NH])=O)c1ccccc1. The molecule has 1 N–H and O–H groups in total. The first-order chi connectivity index (χ1) is 6.75. The second kappa shape index (κ2) is 5.36. The molecule has 1 radical (unpaired) electrons. The number of rotatable bonds is 5. The molecule has 1 unspecified atom stereocenters. The zero-order valence-electron chi connectivity index (χ0n) is 7.90. The molecule has 1 aromatic carbocycles. The van der Waals surface area contributed by atoms with Gasteiger partial charge in [0.15, 0.2) is 6.10 Å². The van der Waals surface area contributed by atoms with Crippen LogP contribution < -0.4 is 5.73 Å². The average molecular weight is 194 g/mol. The second-order valence-corrected chi connectivity index (χ2v) is 2.73. The topological polar surface area (TPSA) is 59.3 Å². The minimum absolute atomic E-state index is 0.00415. The maximum absolute atomic E-state index is 10.9. The zero-order chi connectivity index (χ0) is 10.4.